The van der Waals surface area contributed by atoms with E-state index in [0.717, 1.165) is 5.56 Å². The van der Waals surface area contributed by atoms with Crippen LogP contribution in [0.1, 0.15) is 49.3 Å². The van der Waals surface area contributed by atoms with Crippen LogP contribution in [-0.4, -0.2) is 53.3 Å². The van der Waals surface area contributed by atoms with Gasteiger partial charge in [-0.1, -0.05) is 20.8 Å². The molecule has 4 heterocycles. The summed E-state index contributed by atoms with van der Waals surface area (Å²) in [5, 5.41) is 12.0. The van der Waals surface area contributed by atoms with Gasteiger partial charge in [0.1, 0.15) is 11.2 Å². The summed E-state index contributed by atoms with van der Waals surface area (Å²) in [7, 11) is 0. The molecule has 1 unspecified atom stereocenters. The van der Waals surface area contributed by atoms with Gasteiger partial charge in [0, 0.05) is 31.0 Å². The van der Waals surface area contributed by atoms with Gasteiger partial charge in [-0.15, -0.1) is 0 Å². The molecule has 11 nitrogen and oxygen atoms in total. The van der Waals surface area contributed by atoms with Crippen molar-refractivity contribution in [3.05, 3.63) is 66.0 Å². The molecule has 0 fully saturated rings. The van der Waals surface area contributed by atoms with Gasteiger partial charge in [-0.2, -0.15) is 0 Å². The lowest BCUT2D eigenvalue weighted by Gasteiger charge is -2.21. The molecule has 3 aromatic heterocycles. The number of ether oxygens (including phenoxy) is 1. The van der Waals surface area contributed by atoms with Gasteiger partial charge in [0.25, 0.3) is 5.91 Å². The summed E-state index contributed by atoms with van der Waals surface area (Å²) in [6.45, 7) is 7.46. The summed E-state index contributed by atoms with van der Waals surface area (Å²) < 4.78 is 5.13. The van der Waals surface area contributed by atoms with Crippen molar-refractivity contribution in [3.8, 4) is 12.0 Å². The molecule has 0 spiro atoms. The minimum absolute atomic E-state index is 0.00167. The van der Waals surface area contributed by atoms with Crippen LogP contribution in [-0.2, 0) is 11.2 Å². The lowest BCUT2D eigenvalue weighted by atomic mass is 9.89. The second-order valence-corrected chi connectivity index (χ2v) is 7.78. The number of aromatic nitrogens is 5. The van der Waals surface area contributed by atoms with Crippen LogP contribution < -0.4 is 10.1 Å². The first-order chi connectivity index (χ1) is 16.2. The van der Waals surface area contributed by atoms with Crippen molar-refractivity contribution >= 4 is 17.7 Å². The van der Waals surface area contributed by atoms with Gasteiger partial charge in [0.05, 0.1) is 5.56 Å². The van der Waals surface area contributed by atoms with Crippen molar-refractivity contribution in [2.45, 2.75) is 39.7 Å². The second kappa shape index (κ2) is 10.6. The SMILES string of the molecule is CCc1cnc(C2=NC(C)(C(C)C)C(=O)N2)c(C(=O)O)c1.c1cnc(Oc2ncccn2)nc1. The number of carbonyl (C=O) groups excluding carboxylic acids is 1. The fourth-order valence-corrected chi connectivity index (χ4v) is 2.86. The molecule has 11 heteroatoms. The van der Waals surface area contributed by atoms with E-state index in [4.69, 9.17) is 4.74 Å². The van der Waals surface area contributed by atoms with Crippen LogP contribution >= 0.6 is 0 Å². The van der Waals surface area contributed by atoms with Gasteiger partial charge in [-0.05, 0) is 43.0 Å². The summed E-state index contributed by atoms with van der Waals surface area (Å²) in [5.74, 6) is -1.08. The molecular weight excluding hydrogens is 438 g/mol. The Morgan fingerprint density at radius 3 is 2.06 bits per heavy atom. The molecule has 1 aliphatic heterocycles. The number of aryl methyl sites for hydroxylation is 1. The first-order valence-corrected chi connectivity index (χ1v) is 10.6. The number of hydrogen-bond donors (Lipinski definition) is 2. The highest BCUT2D eigenvalue weighted by molar-refractivity contribution is 6.17. The van der Waals surface area contributed by atoms with E-state index in [9.17, 15) is 14.7 Å². The molecule has 0 bridgehead atoms. The molecule has 0 aromatic carbocycles. The summed E-state index contributed by atoms with van der Waals surface area (Å²) in [5.41, 5.74) is 0.197. The molecule has 4 rings (SSSR count). The van der Waals surface area contributed by atoms with Crippen molar-refractivity contribution < 1.29 is 19.4 Å². The number of amidine groups is 1. The molecule has 0 saturated carbocycles. The molecule has 0 aliphatic carbocycles. The predicted molar refractivity (Wildman–Crippen MR) is 123 cm³/mol. The van der Waals surface area contributed by atoms with E-state index in [1.165, 1.54) is 0 Å². The monoisotopic (exact) mass is 463 g/mol. The van der Waals surface area contributed by atoms with Crippen molar-refractivity contribution in [1.29, 1.82) is 0 Å². The number of carbonyl (C=O) groups is 2. The number of carboxylic acid groups (broad SMARTS) is 1. The molecule has 0 saturated heterocycles. The van der Waals surface area contributed by atoms with E-state index in [1.807, 2.05) is 20.8 Å². The molecule has 34 heavy (non-hydrogen) atoms. The van der Waals surface area contributed by atoms with Gasteiger partial charge in [-0.25, -0.2) is 29.7 Å². The van der Waals surface area contributed by atoms with Gasteiger partial charge in [0.15, 0.2) is 5.84 Å². The molecule has 2 N–H and O–H groups in total. The standard InChI is InChI=1S/C15H19N3O3.C8H6N4O/c1-5-9-6-10(13(19)20)11(16-7-9)12-17-14(21)15(4,18-12)8(2)3;1-3-9-7(10-4-1)13-8-11-5-2-6-12-8/h6-8H,5H2,1-4H3,(H,19,20)(H,17,18,21);1-6H. The first kappa shape index (κ1) is 24.4. The summed E-state index contributed by atoms with van der Waals surface area (Å²) in [6, 6.07) is 5.48. The highest BCUT2D eigenvalue weighted by Gasteiger charge is 2.43. The van der Waals surface area contributed by atoms with Gasteiger partial charge in [0.2, 0.25) is 0 Å². The topological polar surface area (TPSA) is 152 Å². The van der Waals surface area contributed by atoms with Gasteiger partial charge >= 0.3 is 18.0 Å². The molecule has 3 aromatic rings. The lowest BCUT2D eigenvalue weighted by molar-refractivity contribution is -0.124. The largest absolute Gasteiger partial charge is 0.478 e. The predicted octanol–water partition coefficient (Wildman–Crippen LogP) is 2.69. The van der Waals surface area contributed by atoms with E-state index < -0.39 is 11.5 Å². The first-order valence-electron chi connectivity index (χ1n) is 10.6. The Labute approximate surface area is 196 Å². The van der Waals surface area contributed by atoms with Crippen LogP contribution in [0.15, 0.2) is 54.2 Å². The zero-order chi connectivity index (χ0) is 24.7. The van der Waals surface area contributed by atoms with Crippen LogP contribution in [0.3, 0.4) is 0 Å². The van der Waals surface area contributed by atoms with Gasteiger partial charge in [-0.3, -0.25) is 9.78 Å². The van der Waals surface area contributed by atoms with E-state index in [0.29, 0.717) is 6.42 Å². The number of pyridine rings is 1. The van der Waals surface area contributed by atoms with E-state index in [2.05, 4.69) is 35.2 Å². The third-order valence-corrected chi connectivity index (χ3v) is 5.23. The molecular formula is C23H25N7O4. The zero-order valence-electron chi connectivity index (χ0n) is 19.3. The normalized spacial score (nSPS) is 16.9. The molecule has 1 amide bonds. The van der Waals surface area contributed by atoms with Crippen molar-refractivity contribution in [2.75, 3.05) is 0 Å². The fraction of sp³-hybridized carbons (Fsp3) is 0.304. The quantitative estimate of drug-likeness (QED) is 0.562. The minimum Gasteiger partial charge on any atom is -0.478 e. The summed E-state index contributed by atoms with van der Waals surface area (Å²) in [6.07, 6.45) is 8.66. The number of amides is 1. The van der Waals surface area contributed by atoms with E-state index >= 15 is 0 Å². The van der Waals surface area contributed by atoms with Crippen LogP contribution in [0.2, 0.25) is 0 Å². The van der Waals surface area contributed by atoms with Crippen molar-refractivity contribution in [1.82, 2.24) is 30.2 Å². The number of aliphatic imine (C=N–C) groups is 1. The van der Waals surface area contributed by atoms with Crippen molar-refractivity contribution in [2.24, 2.45) is 10.9 Å². The maximum absolute atomic E-state index is 12.1. The summed E-state index contributed by atoms with van der Waals surface area (Å²) >= 11 is 0. The molecule has 1 atom stereocenters. The Kier molecular flexibility index (Phi) is 7.57. The Balaban J connectivity index is 0.000000212. The minimum atomic E-state index is -1.08. The number of nitrogens with one attached hydrogen (secondary N) is 1. The van der Waals surface area contributed by atoms with Crippen LogP contribution in [0.25, 0.3) is 0 Å². The molecule has 1 aliphatic rings. The number of rotatable bonds is 6. The highest BCUT2D eigenvalue weighted by atomic mass is 16.5. The Morgan fingerprint density at radius 2 is 1.62 bits per heavy atom. The molecule has 0 radical (unpaired) electrons. The number of aromatic carboxylic acids is 1. The van der Waals surface area contributed by atoms with Crippen LogP contribution in [0.4, 0.5) is 0 Å². The maximum Gasteiger partial charge on any atom is 0.338 e. The third-order valence-electron chi connectivity index (χ3n) is 5.23. The smallest absolute Gasteiger partial charge is 0.338 e. The van der Waals surface area contributed by atoms with Crippen LogP contribution in [0.5, 0.6) is 12.0 Å². The van der Waals surface area contributed by atoms with Gasteiger partial charge < -0.3 is 15.2 Å². The Bertz CT molecular complexity index is 1150. The van der Waals surface area contributed by atoms with Crippen molar-refractivity contribution in [3.63, 3.8) is 0 Å². The average Bonchev–Trinajstić information content (AvgIpc) is 3.16. The lowest BCUT2D eigenvalue weighted by Crippen LogP contribution is -2.41. The highest BCUT2D eigenvalue weighted by Crippen LogP contribution is 2.27. The second-order valence-electron chi connectivity index (χ2n) is 7.78. The maximum atomic E-state index is 12.1. The summed E-state index contributed by atoms with van der Waals surface area (Å²) in [4.78, 5) is 47.6. The average molecular weight is 463 g/mol. The van der Waals surface area contributed by atoms with E-state index in [-0.39, 0.29) is 40.9 Å². The van der Waals surface area contributed by atoms with E-state index in [1.54, 1.807) is 56.1 Å². The number of nitrogens with zero attached hydrogens (tertiary/aromatic N) is 6. The number of hydrogen-bond acceptors (Lipinski definition) is 9. The fourth-order valence-electron chi connectivity index (χ4n) is 2.86. The Morgan fingerprint density at radius 1 is 1.06 bits per heavy atom. The number of carboxylic acids is 1. The molecule has 176 valence electrons. The third kappa shape index (κ3) is 5.55. The zero-order valence-corrected chi connectivity index (χ0v) is 19.3. The Hall–Kier alpha value is -4.28. The van der Waals surface area contributed by atoms with Crippen LogP contribution in [0, 0.1) is 5.92 Å².